The maximum atomic E-state index is 12.6. The summed E-state index contributed by atoms with van der Waals surface area (Å²) in [7, 11) is -3.77. The van der Waals surface area contributed by atoms with Crippen molar-refractivity contribution in [2.45, 2.75) is 24.3 Å². The fraction of sp³-hybridized carbons (Fsp3) is 0.316. The van der Waals surface area contributed by atoms with Crippen LogP contribution in [0.3, 0.4) is 0 Å². The number of nitrogens with two attached hydrogens (primary N) is 1. The molecular formula is C19H24ClN3O4S. The Morgan fingerprint density at radius 1 is 1.25 bits per heavy atom. The third-order valence-corrected chi connectivity index (χ3v) is 5.72. The summed E-state index contributed by atoms with van der Waals surface area (Å²) in [5, 5.41) is 0. The number of likely N-dealkylation sites (tertiary alicyclic amines) is 1. The van der Waals surface area contributed by atoms with Crippen LogP contribution in [0.4, 0.5) is 5.69 Å². The van der Waals surface area contributed by atoms with Gasteiger partial charge in [-0.1, -0.05) is 6.07 Å². The largest absolute Gasteiger partial charge is 0.494 e. The van der Waals surface area contributed by atoms with Gasteiger partial charge in [0, 0.05) is 30.4 Å². The zero-order chi connectivity index (χ0) is 19.4. The molecule has 2 aromatic rings. The van der Waals surface area contributed by atoms with E-state index in [4.69, 9.17) is 10.5 Å². The first-order chi connectivity index (χ1) is 12.9. The Balaban J connectivity index is 0.00000280. The molecule has 28 heavy (non-hydrogen) atoms. The fourth-order valence-corrected chi connectivity index (χ4v) is 4.02. The predicted octanol–water partition coefficient (Wildman–Crippen LogP) is 2.48. The van der Waals surface area contributed by atoms with E-state index in [0.29, 0.717) is 36.7 Å². The van der Waals surface area contributed by atoms with Crippen molar-refractivity contribution in [3.63, 3.8) is 0 Å². The summed E-state index contributed by atoms with van der Waals surface area (Å²) in [6.07, 6.45) is 0.774. The molecule has 2 aromatic carbocycles. The highest BCUT2D eigenvalue weighted by molar-refractivity contribution is 7.92. The molecule has 0 saturated carbocycles. The monoisotopic (exact) mass is 425 g/mol. The highest BCUT2D eigenvalue weighted by Crippen LogP contribution is 2.21. The second kappa shape index (κ2) is 9.27. The number of benzene rings is 2. The van der Waals surface area contributed by atoms with E-state index in [1.54, 1.807) is 35.2 Å². The van der Waals surface area contributed by atoms with Gasteiger partial charge in [0.15, 0.2) is 0 Å². The molecule has 3 N–H and O–H groups in total. The van der Waals surface area contributed by atoms with Gasteiger partial charge < -0.3 is 15.4 Å². The number of carbonyl (C=O) groups excluding carboxylic acids is 1. The van der Waals surface area contributed by atoms with Crippen LogP contribution in [0.5, 0.6) is 5.75 Å². The standard InChI is InChI=1S/C19H23N3O4S.ClH/c1-2-26-17-6-8-18(9-7-17)27(24,25)21-16-5-3-4-14(12-16)19(23)22-11-10-15(20)13-22;/h3-9,12,15,21H,2,10-11,13,20H2,1H3;1H/t15-;/m1./s1. The van der Waals surface area contributed by atoms with E-state index in [1.807, 2.05) is 6.92 Å². The van der Waals surface area contributed by atoms with Gasteiger partial charge in [0.05, 0.1) is 11.5 Å². The van der Waals surface area contributed by atoms with Crippen molar-refractivity contribution in [3.05, 3.63) is 54.1 Å². The zero-order valence-electron chi connectivity index (χ0n) is 15.5. The molecule has 0 bridgehead atoms. The summed E-state index contributed by atoms with van der Waals surface area (Å²) in [5.74, 6) is 0.456. The summed E-state index contributed by atoms with van der Waals surface area (Å²) in [6, 6.07) is 12.6. The van der Waals surface area contributed by atoms with Gasteiger partial charge in [-0.2, -0.15) is 0 Å². The highest BCUT2D eigenvalue weighted by atomic mass is 35.5. The summed E-state index contributed by atoms with van der Waals surface area (Å²) in [5.41, 5.74) is 6.61. The van der Waals surface area contributed by atoms with Crippen LogP contribution in [-0.2, 0) is 10.0 Å². The van der Waals surface area contributed by atoms with Crippen LogP contribution in [0.25, 0.3) is 0 Å². The number of amides is 1. The lowest BCUT2D eigenvalue weighted by atomic mass is 10.2. The topological polar surface area (TPSA) is 102 Å². The van der Waals surface area contributed by atoms with Crippen LogP contribution in [0.1, 0.15) is 23.7 Å². The Morgan fingerprint density at radius 3 is 2.57 bits per heavy atom. The van der Waals surface area contributed by atoms with Crippen LogP contribution in [0.2, 0.25) is 0 Å². The summed E-state index contributed by atoms with van der Waals surface area (Å²) in [6.45, 7) is 3.49. The minimum absolute atomic E-state index is 0. The summed E-state index contributed by atoms with van der Waals surface area (Å²) < 4.78 is 33.0. The molecule has 0 spiro atoms. The minimum atomic E-state index is -3.77. The highest BCUT2D eigenvalue weighted by Gasteiger charge is 2.25. The number of anilines is 1. The fourth-order valence-electron chi connectivity index (χ4n) is 2.97. The van der Waals surface area contributed by atoms with E-state index in [-0.39, 0.29) is 29.3 Å². The van der Waals surface area contributed by atoms with E-state index >= 15 is 0 Å². The number of hydrogen-bond acceptors (Lipinski definition) is 5. The van der Waals surface area contributed by atoms with E-state index in [0.717, 1.165) is 6.42 Å². The second-order valence-electron chi connectivity index (χ2n) is 6.39. The number of sulfonamides is 1. The molecule has 1 fully saturated rings. The molecule has 0 unspecified atom stereocenters. The van der Waals surface area contributed by atoms with Crippen molar-refractivity contribution in [2.75, 3.05) is 24.4 Å². The summed E-state index contributed by atoms with van der Waals surface area (Å²) >= 11 is 0. The van der Waals surface area contributed by atoms with Gasteiger partial charge in [-0.15, -0.1) is 12.4 Å². The Labute approximate surface area is 171 Å². The number of carbonyl (C=O) groups is 1. The third kappa shape index (κ3) is 5.15. The Bertz CT molecular complexity index is 919. The van der Waals surface area contributed by atoms with Crippen molar-refractivity contribution >= 4 is 34.0 Å². The van der Waals surface area contributed by atoms with Crippen molar-refractivity contribution in [1.82, 2.24) is 4.90 Å². The number of halogens is 1. The molecule has 0 radical (unpaired) electrons. The van der Waals surface area contributed by atoms with E-state index in [2.05, 4.69) is 4.72 Å². The second-order valence-corrected chi connectivity index (χ2v) is 8.07. The molecule has 152 valence electrons. The van der Waals surface area contributed by atoms with Gasteiger partial charge in [-0.05, 0) is 55.8 Å². The summed E-state index contributed by atoms with van der Waals surface area (Å²) in [4.78, 5) is 14.4. The number of nitrogens with one attached hydrogen (secondary N) is 1. The Morgan fingerprint density at radius 2 is 1.96 bits per heavy atom. The van der Waals surface area contributed by atoms with Crippen LogP contribution in [0, 0.1) is 0 Å². The lowest BCUT2D eigenvalue weighted by molar-refractivity contribution is 0.0791. The number of ether oxygens (including phenoxy) is 1. The molecule has 1 aliphatic heterocycles. The SMILES string of the molecule is CCOc1ccc(S(=O)(=O)Nc2cccc(C(=O)N3CC[C@@H](N)C3)c2)cc1.Cl. The molecule has 1 aliphatic rings. The molecule has 1 saturated heterocycles. The van der Waals surface area contributed by atoms with E-state index in [1.165, 1.54) is 18.2 Å². The molecule has 0 aliphatic carbocycles. The van der Waals surface area contributed by atoms with Crippen molar-refractivity contribution in [2.24, 2.45) is 5.73 Å². The normalized spacial score (nSPS) is 16.4. The maximum absolute atomic E-state index is 12.6. The first-order valence-electron chi connectivity index (χ1n) is 8.79. The van der Waals surface area contributed by atoms with Gasteiger partial charge in [0.1, 0.15) is 5.75 Å². The smallest absolute Gasteiger partial charge is 0.261 e. The van der Waals surface area contributed by atoms with Gasteiger partial charge in [0.2, 0.25) is 0 Å². The maximum Gasteiger partial charge on any atom is 0.261 e. The number of hydrogen-bond donors (Lipinski definition) is 2. The quantitative estimate of drug-likeness (QED) is 0.740. The van der Waals surface area contributed by atoms with Crippen LogP contribution < -0.4 is 15.2 Å². The first-order valence-corrected chi connectivity index (χ1v) is 10.3. The van der Waals surface area contributed by atoms with Gasteiger partial charge in [-0.3, -0.25) is 9.52 Å². The zero-order valence-corrected chi connectivity index (χ0v) is 17.1. The first kappa shape index (κ1) is 22.0. The molecule has 1 atom stereocenters. The molecule has 0 aromatic heterocycles. The Kier molecular flexibility index (Phi) is 7.29. The molecule has 1 amide bonds. The molecule has 1 heterocycles. The Hall–Kier alpha value is -2.29. The van der Waals surface area contributed by atoms with Gasteiger partial charge >= 0.3 is 0 Å². The molecular weight excluding hydrogens is 402 g/mol. The number of rotatable bonds is 6. The van der Waals surface area contributed by atoms with Crippen molar-refractivity contribution < 1.29 is 17.9 Å². The lowest BCUT2D eigenvalue weighted by Gasteiger charge is -2.16. The average Bonchev–Trinajstić information content (AvgIpc) is 3.08. The molecule has 9 heteroatoms. The van der Waals surface area contributed by atoms with Gasteiger partial charge in [0.25, 0.3) is 15.9 Å². The van der Waals surface area contributed by atoms with Crippen LogP contribution in [-0.4, -0.2) is 45.0 Å². The van der Waals surface area contributed by atoms with Gasteiger partial charge in [-0.25, -0.2) is 8.42 Å². The van der Waals surface area contributed by atoms with Crippen LogP contribution >= 0.6 is 12.4 Å². The minimum Gasteiger partial charge on any atom is -0.494 e. The molecule has 3 rings (SSSR count). The van der Waals surface area contributed by atoms with Crippen molar-refractivity contribution in [3.8, 4) is 5.75 Å². The van der Waals surface area contributed by atoms with E-state index < -0.39 is 10.0 Å². The average molecular weight is 426 g/mol. The molecule has 7 nitrogen and oxygen atoms in total. The van der Waals surface area contributed by atoms with Crippen LogP contribution in [0.15, 0.2) is 53.4 Å². The van der Waals surface area contributed by atoms with E-state index in [9.17, 15) is 13.2 Å². The third-order valence-electron chi connectivity index (χ3n) is 4.32. The number of nitrogens with zero attached hydrogens (tertiary/aromatic N) is 1. The van der Waals surface area contributed by atoms with Crippen molar-refractivity contribution in [1.29, 1.82) is 0 Å². The predicted molar refractivity (Wildman–Crippen MR) is 111 cm³/mol. The lowest BCUT2D eigenvalue weighted by Crippen LogP contribution is -2.31.